The van der Waals surface area contributed by atoms with Gasteiger partial charge in [0.1, 0.15) is 5.75 Å². The molecule has 2 aromatic rings. The zero-order chi connectivity index (χ0) is 24.8. The molecule has 0 bridgehead atoms. The van der Waals surface area contributed by atoms with E-state index < -0.39 is 12.1 Å². The molecule has 2 heterocycles. The Morgan fingerprint density at radius 3 is 2.63 bits per heavy atom. The predicted octanol–water partition coefficient (Wildman–Crippen LogP) is 1.51. The number of nitrogens with one attached hydrogen (secondary N) is 4. The molecular weight excluding hydrogens is 468 g/mol. The van der Waals surface area contributed by atoms with Crippen LogP contribution >= 0.6 is 11.8 Å². The third kappa shape index (κ3) is 6.02. The molecule has 184 valence electrons. The number of hydrogen-bond donors (Lipinski definition) is 4. The van der Waals surface area contributed by atoms with E-state index in [0.717, 1.165) is 16.7 Å². The van der Waals surface area contributed by atoms with Gasteiger partial charge in [-0.15, -0.1) is 11.8 Å². The van der Waals surface area contributed by atoms with E-state index in [4.69, 9.17) is 9.47 Å². The van der Waals surface area contributed by atoms with Crippen LogP contribution in [0.15, 0.2) is 59.5 Å². The average molecular weight is 497 g/mol. The molecule has 9 nitrogen and oxygen atoms in total. The summed E-state index contributed by atoms with van der Waals surface area (Å²) in [5, 5.41) is 13.1. The van der Waals surface area contributed by atoms with Crippen molar-refractivity contribution in [3.8, 4) is 5.75 Å². The van der Waals surface area contributed by atoms with Crippen LogP contribution in [-0.4, -0.2) is 50.0 Å². The maximum absolute atomic E-state index is 12.8. The Morgan fingerprint density at radius 1 is 1.09 bits per heavy atom. The summed E-state index contributed by atoms with van der Waals surface area (Å²) in [5.41, 5.74) is 3.28. The zero-order valence-electron chi connectivity index (χ0n) is 19.5. The summed E-state index contributed by atoms with van der Waals surface area (Å²) >= 11 is 1.48. The van der Waals surface area contributed by atoms with Crippen molar-refractivity contribution in [3.05, 3.63) is 76.2 Å². The lowest BCUT2D eigenvalue weighted by Gasteiger charge is -2.33. The molecule has 1 saturated heterocycles. The van der Waals surface area contributed by atoms with E-state index in [2.05, 4.69) is 21.3 Å². The number of ether oxygens (including phenoxy) is 2. The Balaban J connectivity index is 1.25. The molecule has 2 aliphatic heterocycles. The average Bonchev–Trinajstić information content (AvgIpc) is 3.30. The van der Waals surface area contributed by atoms with E-state index >= 15 is 0 Å². The predicted molar refractivity (Wildman–Crippen MR) is 132 cm³/mol. The summed E-state index contributed by atoms with van der Waals surface area (Å²) in [6.07, 6.45) is -0.811. The van der Waals surface area contributed by atoms with E-state index in [1.54, 1.807) is 26.3 Å². The van der Waals surface area contributed by atoms with Crippen molar-refractivity contribution in [2.24, 2.45) is 5.92 Å². The summed E-state index contributed by atoms with van der Waals surface area (Å²) < 4.78 is 11.0. The van der Waals surface area contributed by atoms with E-state index in [1.807, 2.05) is 41.8 Å². The highest BCUT2D eigenvalue weighted by Crippen LogP contribution is 2.36. The van der Waals surface area contributed by atoms with Gasteiger partial charge < -0.3 is 25.4 Å². The third-order valence-corrected chi connectivity index (χ3v) is 6.95. The van der Waals surface area contributed by atoms with Gasteiger partial charge in [-0.2, -0.15) is 0 Å². The van der Waals surface area contributed by atoms with E-state index in [0.29, 0.717) is 31.1 Å². The van der Waals surface area contributed by atoms with Crippen molar-refractivity contribution in [1.29, 1.82) is 0 Å². The van der Waals surface area contributed by atoms with Gasteiger partial charge in [0.05, 0.1) is 31.6 Å². The van der Waals surface area contributed by atoms with Gasteiger partial charge in [0.25, 0.3) is 11.8 Å². The van der Waals surface area contributed by atoms with Gasteiger partial charge in [-0.3, -0.25) is 19.7 Å². The van der Waals surface area contributed by atoms with Gasteiger partial charge in [-0.05, 0) is 46.4 Å². The molecule has 3 amide bonds. The van der Waals surface area contributed by atoms with Crippen molar-refractivity contribution in [2.45, 2.75) is 24.7 Å². The molecule has 2 aromatic carbocycles. The molecule has 3 atom stereocenters. The van der Waals surface area contributed by atoms with Crippen LogP contribution in [-0.2, 0) is 27.5 Å². The van der Waals surface area contributed by atoms with Crippen molar-refractivity contribution in [1.82, 2.24) is 21.3 Å². The first-order valence-corrected chi connectivity index (χ1v) is 12.1. The standard InChI is InChI=1S/C25H28N4O5S/c1-26-22(30)17-8-6-15(7-9-17)12-34-13-18-14-35-25-20(18)23(31)28-21(29-25)24(32)27-11-16-4-3-5-19(10-16)33-2/h3-10,14,20-21,25,29H,11-13H2,1-2H3,(H,26,30)(H,27,32)(H,28,31). The van der Waals surface area contributed by atoms with Gasteiger partial charge in [-0.25, -0.2) is 0 Å². The summed E-state index contributed by atoms with van der Waals surface area (Å²) in [7, 11) is 3.18. The van der Waals surface area contributed by atoms with Crippen molar-refractivity contribution < 1.29 is 23.9 Å². The first-order chi connectivity index (χ1) is 17.0. The van der Waals surface area contributed by atoms with Gasteiger partial charge in [0.15, 0.2) is 6.17 Å². The molecule has 2 aliphatic rings. The van der Waals surface area contributed by atoms with Crippen molar-refractivity contribution in [3.63, 3.8) is 0 Å². The molecule has 4 rings (SSSR count). The molecule has 0 aromatic heterocycles. The van der Waals surface area contributed by atoms with E-state index in [1.165, 1.54) is 11.8 Å². The molecule has 0 radical (unpaired) electrons. The first kappa shape index (κ1) is 24.8. The molecule has 4 N–H and O–H groups in total. The number of benzene rings is 2. The SMILES string of the molecule is CNC(=O)c1ccc(COCC2=CSC3NC(C(=O)NCc4cccc(OC)c4)NC(=O)C23)cc1. The van der Waals surface area contributed by atoms with Crippen LogP contribution in [0.3, 0.4) is 0 Å². The minimum atomic E-state index is -0.811. The number of methoxy groups -OCH3 is 1. The molecule has 0 aliphatic carbocycles. The van der Waals surface area contributed by atoms with Crippen LogP contribution in [0.1, 0.15) is 21.5 Å². The topological polar surface area (TPSA) is 118 Å². The molecule has 10 heteroatoms. The minimum Gasteiger partial charge on any atom is -0.497 e. The molecular formula is C25H28N4O5S. The zero-order valence-corrected chi connectivity index (χ0v) is 20.3. The molecule has 0 saturated carbocycles. The fourth-order valence-corrected chi connectivity index (χ4v) is 5.11. The lowest BCUT2D eigenvalue weighted by Crippen LogP contribution is -2.64. The second kappa shape index (κ2) is 11.4. The summed E-state index contributed by atoms with van der Waals surface area (Å²) in [4.78, 5) is 37.1. The Bertz CT molecular complexity index is 1120. The van der Waals surface area contributed by atoms with Crippen molar-refractivity contribution >= 4 is 29.5 Å². The Morgan fingerprint density at radius 2 is 1.89 bits per heavy atom. The third-order valence-electron chi connectivity index (χ3n) is 5.81. The van der Waals surface area contributed by atoms with Crippen LogP contribution in [0.25, 0.3) is 0 Å². The lowest BCUT2D eigenvalue weighted by atomic mass is 9.97. The maximum Gasteiger partial charge on any atom is 0.257 e. The van der Waals surface area contributed by atoms with Gasteiger partial charge in [0.2, 0.25) is 5.91 Å². The smallest absolute Gasteiger partial charge is 0.257 e. The number of thioether (sulfide) groups is 1. The Kier molecular flexibility index (Phi) is 8.06. The monoisotopic (exact) mass is 496 g/mol. The summed E-state index contributed by atoms with van der Waals surface area (Å²) in [6, 6.07) is 14.6. The molecule has 1 fully saturated rings. The maximum atomic E-state index is 12.8. The van der Waals surface area contributed by atoms with Crippen LogP contribution in [0.2, 0.25) is 0 Å². The van der Waals surface area contributed by atoms with E-state index in [-0.39, 0.29) is 23.1 Å². The number of amides is 3. The number of fused-ring (bicyclic) bond motifs is 1. The first-order valence-electron chi connectivity index (χ1n) is 11.2. The molecule has 3 unspecified atom stereocenters. The minimum absolute atomic E-state index is 0.139. The van der Waals surface area contributed by atoms with Gasteiger partial charge >= 0.3 is 0 Å². The van der Waals surface area contributed by atoms with Crippen LogP contribution in [0, 0.1) is 5.92 Å². The highest BCUT2D eigenvalue weighted by molar-refractivity contribution is 8.03. The van der Waals surface area contributed by atoms with E-state index in [9.17, 15) is 14.4 Å². The number of hydrogen-bond acceptors (Lipinski definition) is 7. The molecule has 35 heavy (non-hydrogen) atoms. The Hall–Kier alpha value is -3.34. The van der Waals surface area contributed by atoms with Crippen LogP contribution in [0.4, 0.5) is 0 Å². The number of carbonyl (C=O) groups excluding carboxylic acids is 3. The second-order valence-electron chi connectivity index (χ2n) is 8.17. The van der Waals surface area contributed by atoms with Crippen molar-refractivity contribution in [2.75, 3.05) is 20.8 Å². The fraction of sp³-hybridized carbons (Fsp3) is 0.320. The van der Waals surface area contributed by atoms with Crippen LogP contribution in [0.5, 0.6) is 5.75 Å². The largest absolute Gasteiger partial charge is 0.497 e. The van der Waals surface area contributed by atoms with Gasteiger partial charge in [0, 0.05) is 19.2 Å². The summed E-state index contributed by atoms with van der Waals surface area (Å²) in [6.45, 7) is 0.984. The number of rotatable bonds is 9. The quantitative estimate of drug-likeness (QED) is 0.416. The Labute approximate surface area is 208 Å². The molecule has 0 spiro atoms. The summed E-state index contributed by atoms with van der Waals surface area (Å²) in [5.74, 6) is -0.333. The highest BCUT2D eigenvalue weighted by atomic mass is 32.2. The lowest BCUT2D eigenvalue weighted by molar-refractivity contribution is -0.134. The highest BCUT2D eigenvalue weighted by Gasteiger charge is 2.43. The number of carbonyl (C=O) groups is 3. The normalized spacial score (nSPS) is 20.9. The van der Waals surface area contributed by atoms with Crippen LogP contribution < -0.4 is 26.0 Å². The van der Waals surface area contributed by atoms with Gasteiger partial charge in [-0.1, -0.05) is 24.3 Å². The fourth-order valence-electron chi connectivity index (χ4n) is 3.91. The second-order valence-corrected chi connectivity index (χ2v) is 9.19.